The van der Waals surface area contributed by atoms with Crippen molar-refractivity contribution in [2.45, 2.75) is 13.8 Å². The van der Waals surface area contributed by atoms with Crippen LogP contribution in [0.5, 0.6) is 0 Å². The third-order valence-electron chi connectivity index (χ3n) is 2.04. The van der Waals surface area contributed by atoms with Gasteiger partial charge in [0, 0.05) is 12.5 Å². The third-order valence-corrected chi connectivity index (χ3v) is 2.46. The smallest absolute Gasteiger partial charge is 0.166 e. The highest BCUT2D eigenvalue weighted by Gasteiger charge is 2.25. The fourth-order valence-electron chi connectivity index (χ4n) is 1.23. The zero-order chi connectivity index (χ0) is 8.43. The van der Waals surface area contributed by atoms with Crippen molar-refractivity contribution >= 4 is 17.3 Å². The van der Waals surface area contributed by atoms with Crippen LogP contribution < -0.4 is 0 Å². The van der Waals surface area contributed by atoms with E-state index in [4.69, 9.17) is 17.0 Å². The average Bonchev–Trinajstić information content (AvgIpc) is 1.94. The van der Waals surface area contributed by atoms with Crippen LogP contribution in [-0.4, -0.2) is 30.3 Å². The van der Waals surface area contributed by atoms with Gasteiger partial charge in [-0.1, -0.05) is 13.8 Å². The zero-order valence-corrected chi connectivity index (χ0v) is 8.15. The second-order valence-electron chi connectivity index (χ2n) is 3.48. The van der Waals surface area contributed by atoms with Gasteiger partial charge in [0.25, 0.3) is 0 Å². The van der Waals surface area contributed by atoms with Gasteiger partial charge < -0.3 is 4.74 Å². The van der Waals surface area contributed by atoms with Crippen LogP contribution >= 0.6 is 12.2 Å². The van der Waals surface area contributed by atoms with Gasteiger partial charge in [0.05, 0.1) is 0 Å². The molecule has 0 bridgehead atoms. The van der Waals surface area contributed by atoms with Crippen molar-refractivity contribution in [2.75, 3.05) is 20.3 Å². The molecule has 1 aliphatic heterocycles. The van der Waals surface area contributed by atoms with Crippen LogP contribution in [0.3, 0.4) is 0 Å². The lowest BCUT2D eigenvalue weighted by Crippen LogP contribution is -2.41. The molecule has 3 heteroatoms. The first-order valence-electron chi connectivity index (χ1n) is 3.96. The average molecular weight is 173 g/mol. The van der Waals surface area contributed by atoms with E-state index < -0.39 is 0 Å². The highest BCUT2D eigenvalue weighted by Crippen LogP contribution is 2.18. The van der Waals surface area contributed by atoms with Gasteiger partial charge in [0.15, 0.2) is 5.05 Å². The second kappa shape index (κ2) is 3.50. The van der Waals surface area contributed by atoms with Gasteiger partial charge in [-0.2, -0.15) is 0 Å². The predicted octanol–water partition coefficient (Wildman–Crippen LogP) is 1.51. The molecule has 0 spiro atoms. The standard InChI is InChI=1S/C8H15NOS/c1-6(2)7-4-9(3)5-10-8(7)11/h6-7H,4-5H2,1-3H3. The van der Waals surface area contributed by atoms with Crippen LogP contribution in [-0.2, 0) is 4.74 Å². The summed E-state index contributed by atoms with van der Waals surface area (Å²) in [5.41, 5.74) is 0. The predicted molar refractivity (Wildman–Crippen MR) is 49.5 cm³/mol. The molecule has 0 N–H and O–H groups in total. The Balaban J connectivity index is 2.54. The number of nitrogens with zero attached hydrogens (tertiary/aromatic N) is 1. The highest BCUT2D eigenvalue weighted by molar-refractivity contribution is 7.80. The van der Waals surface area contributed by atoms with Crippen molar-refractivity contribution in [3.63, 3.8) is 0 Å². The molecule has 1 saturated heterocycles. The number of hydrogen-bond donors (Lipinski definition) is 0. The van der Waals surface area contributed by atoms with E-state index in [1.54, 1.807) is 0 Å². The number of thiocarbonyl (C=S) groups is 1. The van der Waals surface area contributed by atoms with Gasteiger partial charge in [-0.05, 0) is 25.2 Å². The normalized spacial score (nSPS) is 27.3. The molecule has 1 heterocycles. The summed E-state index contributed by atoms with van der Waals surface area (Å²) in [7, 11) is 2.05. The van der Waals surface area contributed by atoms with Crippen LogP contribution in [0.2, 0.25) is 0 Å². The van der Waals surface area contributed by atoms with E-state index in [9.17, 15) is 0 Å². The van der Waals surface area contributed by atoms with Crippen molar-refractivity contribution in [3.8, 4) is 0 Å². The molecule has 0 radical (unpaired) electrons. The largest absolute Gasteiger partial charge is 0.471 e. The van der Waals surface area contributed by atoms with Crippen LogP contribution in [0.15, 0.2) is 0 Å². The molecule has 2 nitrogen and oxygen atoms in total. The Labute approximate surface area is 73.5 Å². The van der Waals surface area contributed by atoms with Gasteiger partial charge in [-0.3, -0.25) is 4.90 Å². The van der Waals surface area contributed by atoms with Crippen LogP contribution in [0.25, 0.3) is 0 Å². The van der Waals surface area contributed by atoms with Gasteiger partial charge in [-0.15, -0.1) is 0 Å². The fourth-order valence-corrected chi connectivity index (χ4v) is 1.63. The molecule has 1 atom stereocenters. The van der Waals surface area contributed by atoms with Gasteiger partial charge in [-0.25, -0.2) is 0 Å². The minimum atomic E-state index is 0.434. The van der Waals surface area contributed by atoms with Crippen molar-refractivity contribution in [3.05, 3.63) is 0 Å². The van der Waals surface area contributed by atoms with E-state index in [1.807, 2.05) is 0 Å². The Morgan fingerprint density at radius 2 is 2.27 bits per heavy atom. The maximum atomic E-state index is 5.32. The van der Waals surface area contributed by atoms with E-state index in [0.29, 0.717) is 18.6 Å². The summed E-state index contributed by atoms with van der Waals surface area (Å²) in [6.07, 6.45) is 0. The Bertz CT molecular complexity index is 158. The van der Waals surface area contributed by atoms with Crippen LogP contribution in [0.1, 0.15) is 13.8 Å². The topological polar surface area (TPSA) is 12.5 Å². The summed E-state index contributed by atoms with van der Waals surface area (Å²) in [6.45, 7) is 6.05. The Hall–Kier alpha value is -0.150. The van der Waals surface area contributed by atoms with Crippen molar-refractivity contribution < 1.29 is 4.74 Å². The Kier molecular flexibility index (Phi) is 2.84. The first-order chi connectivity index (χ1) is 5.11. The first kappa shape index (κ1) is 8.94. The summed E-state index contributed by atoms with van der Waals surface area (Å²) in [4.78, 5) is 2.15. The monoisotopic (exact) mass is 173 g/mol. The maximum absolute atomic E-state index is 5.32. The van der Waals surface area contributed by atoms with E-state index in [-0.39, 0.29) is 0 Å². The molecule has 64 valence electrons. The quantitative estimate of drug-likeness (QED) is 0.558. The molecule has 0 aliphatic carbocycles. The molecule has 0 amide bonds. The lowest BCUT2D eigenvalue weighted by molar-refractivity contribution is 0.0823. The molecular formula is C8H15NOS. The molecule has 1 rings (SSSR count). The molecular weight excluding hydrogens is 158 g/mol. The minimum absolute atomic E-state index is 0.434. The van der Waals surface area contributed by atoms with E-state index >= 15 is 0 Å². The molecule has 0 saturated carbocycles. The molecule has 1 aliphatic rings. The lowest BCUT2D eigenvalue weighted by atomic mass is 9.95. The first-order valence-corrected chi connectivity index (χ1v) is 4.37. The number of rotatable bonds is 1. The second-order valence-corrected chi connectivity index (χ2v) is 3.88. The van der Waals surface area contributed by atoms with E-state index in [1.165, 1.54) is 0 Å². The van der Waals surface area contributed by atoms with Gasteiger partial charge in [0.2, 0.25) is 0 Å². The molecule has 0 aromatic carbocycles. The third kappa shape index (κ3) is 2.14. The summed E-state index contributed by atoms with van der Waals surface area (Å²) in [5.74, 6) is 1.02. The number of hydrogen-bond acceptors (Lipinski definition) is 3. The SMILES string of the molecule is CC(C)C1CN(C)COC1=S. The molecule has 0 aromatic heterocycles. The van der Waals surface area contributed by atoms with Gasteiger partial charge >= 0.3 is 0 Å². The Morgan fingerprint density at radius 3 is 2.73 bits per heavy atom. The maximum Gasteiger partial charge on any atom is 0.166 e. The van der Waals surface area contributed by atoms with E-state index in [2.05, 4.69) is 25.8 Å². The highest BCUT2D eigenvalue weighted by atomic mass is 32.1. The lowest BCUT2D eigenvalue weighted by Gasteiger charge is -2.32. The van der Waals surface area contributed by atoms with Crippen molar-refractivity contribution in [2.24, 2.45) is 11.8 Å². The molecule has 1 fully saturated rings. The minimum Gasteiger partial charge on any atom is -0.471 e. The van der Waals surface area contributed by atoms with Crippen LogP contribution in [0.4, 0.5) is 0 Å². The zero-order valence-electron chi connectivity index (χ0n) is 7.33. The van der Waals surface area contributed by atoms with Crippen molar-refractivity contribution in [1.29, 1.82) is 0 Å². The molecule has 0 aromatic rings. The summed E-state index contributed by atoms with van der Waals surface area (Å²) >= 11 is 5.11. The van der Waals surface area contributed by atoms with Gasteiger partial charge in [0.1, 0.15) is 6.73 Å². The van der Waals surface area contributed by atoms with E-state index in [0.717, 1.165) is 11.6 Å². The van der Waals surface area contributed by atoms with Crippen LogP contribution in [0, 0.1) is 11.8 Å². The number of ether oxygens (including phenoxy) is 1. The molecule has 11 heavy (non-hydrogen) atoms. The summed E-state index contributed by atoms with van der Waals surface area (Å²) < 4.78 is 5.32. The Morgan fingerprint density at radius 1 is 1.64 bits per heavy atom. The van der Waals surface area contributed by atoms with Crippen molar-refractivity contribution in [1.82, 2.24) is 4.90 Å². The summed E-state index contributed by atoms with van der Waals surface area (Å²) in [5, 5.41) is 0.790. The molecule has 1 unspecified atom stereocenters. The fraction of sp³-hybridized carbons (Fsp3) is 0.875. The summed E-state index contributed by atoms with van der Waals surface area (Å²) in [6, 6.07) is 0.